The molecule has 36 heavy (non-hydrogen) atoms. The molecule has 1 aliphatic rings. The molecule has 0 saturated carbocycles. The zero-order valence-electron chi connectivity index (χ0n) is 19.3. The lowest BCUT2D eigenvalue weighted by Gasteiger charge is -2.29. The third-order valence-corrected chi connectivity index (χ3v) is 6.28. The molecule has 0 unspecified atom stereocenters. The van der Waals surface area contributed by atoms with Gasteiger partial charge in [0.2, 0.25) is 0 Å². The van der Waals surface area contributed by atoms with Crippen LogP contribution in [0.4, 0.5) is 24.5 Å². The maximum absolute atomic E-state index is 13.5. The van der Waals surface area contributed by atoms with Crippen molar-refractivity contribution in [1.29, 1.82) is 0 Å². The van der Waals surface area contributed by atoms with Crippen LogP contribution in [0, 0.1) is 6.57 Å². The number of halogens is 3. The quantitative estimate of drug-likeness (QED) is 0.186. The fourth-order valence-corrected chi connectivity index (χ4v) is 4.49. The molecule has 1 saturated heterocycles. The summed E-state index contributed by atoms with van der Waals surface area (Å²) < 4.78 is 51.2. The number of hydrogen-bond donors (Lipinski definition) is 0. The van der Waals surface area contributed by atoms with Gasteiger partial charge in [-0.15, -0.1) is 0 Å². The molecule has 3 aromatic rings. The van der Waals surface area contributed by atoms with Crippen LogP contribution in [0.25, 0.3) is 15.8 Å². The number of rotatable bonds is 6. The molecule has 1 fully saturated rings. The molecule has 0 spiro atoms. The van der Waals surface area contributed by atoms with Gasteiger partial charge >= 0.3 is 11.8 Å². The molecule has 2 heterocycles. The Morgan fingerprint density at radius 2 is 1.86 bits per heavy atom. The zero-order chi connectivity index (χ0) is 26.3. The molecular formula is C25H20F3N3O4S. The van der Waals surface area contributed by atoms with E-state index in [0.717, 1.165) is 17.0 Å². The van der Waals surface area contributed by atoms with Crippen LogP contribution < -0.4 is 15.3 Å². The summed E-state index contributed by atoms with van der Waals surface area (Å²) in [5, 5.41) is 0.784. The lowest BCUT2D eigenvalue weighted by Crippen LogP contribution is -2.44. The Kier molecular flexibility index (Phi) is 6.49. The fourth-order valence-electron chi connectivity index (χ4n) is 3.98. The van der Waals surface area contributed by atoms with E-state index in [0.29, 0.717) is 29.7 Å². The number of ether oxygens (including phenoxy) is 1. The van der Waals surface area contributed by atoms with E-state index < -0.39 is 34.5 Å². The number of carbonyl (C=O) groups is 1. The van der Waals surface area contributed by atoms with E-state index in [1.54, 1.807) is 43.0 Å². The molecule has 4 rings (SSSR count). The van der Waals surface area contributed by atoms with Crippen molar-refractivity contribution in [2.75, 3.05) is 18.1 Å². The van der Waals surface area contributed by atoms with Crippen molar-refractivity contribution in [3.05, 3.63) is 75.9 Å². The van der Waals surface area contributed by atoms with Crippen molar-refractivity contribution >= 4 is 45.6 Å². The van der Waals surface area contributed by atoms with Crippen LogP contribution >= 0.6 is 12.2 Å². The largest absolute Gasteiger partial charge is 0.494 e. The molecule has 2 aromatic carbocycles. The number of fused-ring (bicyclic) bond motifs is 1. The third kappa shape index (κ3) is 4.64. The van der Waals surface area contributed by atoms with Gasteiger partial charge in [-0.2, -0.15) is 13.2 Å². The van der Waals surface area contributed by atoms with Crippen LogP contribution in [0.5, 0.6) is 5.75 Å². The second kappa shape index (κ2) is 9.28. The Morgan fingerprint density at radius 3 is 2.56 bits per heavy atom. The average molecular weight is 516 g/mol. The highest BCUT2D eigenvalue weighted by Crippen LogP contribution is 2.40. The predicted octanol–water partition coefficient (Wildman–Crippen LogP) is 5.54. The maximum Gasteiger partial charge on any atom is 0.407 e. The highest BCUT2D eigenvalue weighted by molar-refractivity contribution is 7.80. The molecule has 7 nitrogen and oxygen atoms in total. The Labute approximate surface area is 209 Å². The van der Waals surface area contributed by atoms with Crippen LogP contribution in [0.15, 0.2) is 57.7 Å². The minimum absolute atomic E-state index is 0.0423. The smallest absolute Gasteiger partial charge is 0.407 e. The van der Waals surface area contributed by atoms with Gasteiger partial charge in [0.1, 0.15) is 16.9 Å². The minimum atomic E-state index is -4.75. The maximum atomic E-state index is 13.5. The number of carbonyl (C=O) groups excluding carboxylic acids is 1. The number of benzene rings is 2. The molecule has 1 amide bonds. The Morgan fingerprint density at radius 1 is 1.11 bits per heavy atom. The van der Waals surface area contributed by atoms with Gasteiger partial charge in [-0.1, -0.05) is 6.07 Å². The summed E-state index contributed by atoms with van der Waals surface area (Å²) in [6.45, 7) is 10.9. The first-order valence-corrected chi connectivity index (χ1v) is 11.3. The standard InChI is InChI=1S/C25H20F3N3O4S/c1-24(2)22(33)31(16-6-8-19(29-3)18(14-16)25(26,27)28)23(36)30(24)11-4-12-34-17-7-9-20-15(13-17)5-10-21(32)35-20/h5-10,13-14H,4,11-12H2,1-2H3. The molecule has 1 aromatic heterocycles. The van der Waals surface area contributed by atoms with Gasteiger partial charge in [-0.05, 0) is 68.9 Å². The average Bonchev–Trinajstić information content (AvgIpc) is 2.99. The van der Waals surface area contributed by atoms with Gasteiger partial charge in [-0.3, -0.25) is 9.69 Å². The highest BCUT2D eigenvalue weighted by atomic mass is 32.1. The first-order chi connectivity index (χ1) is 16.9. The number of hydrogen-bond acceptors (Lipinski definition) is 5. The van der Waals surface area contributed by atoms with Crippen LogP contribution in [0.2, 0.25) is 0 Å². The summed E-state index contributed by atoms with van der Waals surface area (Å²) in [4.78, 5) is 30.1. The Balaban J connectivity index is 1.47. The SMILES string of the molecule is [C-]#[N+]c1ccc(N2C(=O)C(C)(C)N(CCCOc3ccc4oc(=O)ccc4c3)C2=S)cc1C(F)(F)F. The van der Waals surface area contributed by atoms with Gasteiger partial charge in [0.25, 0.3) is 5.91 Å². The Bertz CT molecular complexity index is 1460. The van der Waals surface area contributed by atoms with E-state index in [-0.39, 0.29) is 17.4 Å². The molecule has 0 N–H and O–H groups in total. The molecule has 11 heteroatoms. The van der Waals surface area contributed by atoms with E-state index in [2.05, 4.69) is 4.85 Å². The number of alkyl halides is 3. The summed E-state index contributed by atoms with van der Waals surface area (Å²) >= 11 is 5.49. The normalized spacial score (nSPS) is 15.4. The lowest BCUT2D eigenvalue weighted by atomic mass is 10.0. The van der Waals surface area contributed by atoms with Crippen molar-refractivity contribution in [1.82, 2.24) is 4.90 Å². The van der Waals surface area contributed by atoms with E-state index in [1.807, 2.05) is 0 Å². The molecular weight excluding hydrogens is 495 g/mol. The van der Waals surface area contributed by atoms with Crippen LogP contribution in [0.3, 0.4) is 0 Å². The molecule has 0 atom stereocenters. The Hall–Kier alpha value is -3.91. The molecule has 0 radical (unpaired) electrons. The van der Waals surface area contributed by atoms with Gasteiger partial charge in [0.05, 0.1) is 18.7 Å². The molecule has 0 aliphatic carbocycles. The molecule has 0 bridgehead atoms. The number of thiocarbonyl (C=S) groups is 1. The van der Waals surface area contributed by atoms with Gasteiger partial charge in [0, 0.05) is 23.7 Å². The van der Waals surface area contributed by atoms with Crippen molar-refractivity contribution in [3.8, 4) is 5.75 Å². The van der Waals surface area contributed by atoms with E-state index >= 15 is 0 Å². The second-order valence-corrected chi connectivity index (χ2v) is 8.97. The first-order valence-electron chi connectivity index (χ1n) is 10.8. The summed E-state index contributed by atoms with van der Waals surface area (Å²) in [7, 11) is 0. The number of amides is 1. The highest BCUT2D eigenvalue weighted by Gasteiger charge is 2.49. The topological polar surface area (TPSA) is 67.3 Å². The first kappa shape index (κ1) is 25.2. The monoisotopic (exact) mass is 515 g/mol. The molecule has 1 aliphatic heterocycles. The summed E-state index contributed by atoms with van der Waals surface area (Å²) in [6.07, 6.45) is -4.28. The third-order valence-electron chi connectivity index (χ3n) is 5.87. The van der Waals surface area contributed by atoms with Crippen molar-refractivity contribution < 1.29 is 27.1 Å². The van der Waals surface area contributed by atoms with E-state index in [4.69, 9.17) is 27.9 Å². The van der Waals surface area contributed by atoms with Crippen LogP contribution in [-0.4, -0.2) is 34.6 Å². The summed E-state index contributed by atoms with van der Waals surface area (Å²) in [6, 6.07) is 11.1. The molecule has 186 valence electrons. The predicted molar refractivity (Wildman–Crippen MR) is 131 cm³/mol. The van der Waals surface area contributed by atoms with Crippen LogP contribution in [0.1, 0.15) is 25.8 Å². The van der Waals surface area contributed by atoms with Crippen molar-refractivity contribution in [3.63, 3.8) is 0 Å². The zero-order valence-corrected chi connectivity index (χ0v) is 20.1. The van der Waals surface area contributed by atoms with E-state index in [9.17, 15) is 22.8 Å². The lowest BCUT2D eigenvalue weighted by molar-refractivity contribution is -0.136. The van der Waals surface area contributed by atoms with Crippen molar-refractivity contribution in [2.24, 2.45) is 0 Å². The summed E-state index contributed by atoms with van der Waals surface area (Å²) in [5.41, 5.74) is -2.80. The van der Waals surface area contributed by atoms with E-state index in [1.165, 1.54) is 12.1 Å². The van der Waals surface area contributed by atoms with Gasteiger partial charge in [-0.25, -0.2) is 9.64 Å². The number of anilines is 1. The van der Waals surface area contributed by atoms with Gasteiger partial charge in [0.15, 0.2) is 10.8 Å². The van der Waals surface area contributed by atoms with Gasteiger partial charge < -0.3 is 14.1 Å². The second-order valence-electron chi connectivity index (χ2n) is 8.60. The minimum Gasteiger partial charge on any atom is -0.494 e. The van der Waals surface area contributed by atoms with Crippen molar-refractivity contribution in [2.45, 2.75) is 32.0 Å². The fraction of sp³-hybridized carbons (Fsp3) is 0.280. The summed E-state index contributed by atoms with van der Waals surface area (Å²) in [5.74, 6) is 0.102. The van der Waals surface area contributed by atoms with Crippen LogP contribution in [-0.2, 0) is 11.0 Å². The number of nitrogens with zero attached hydrogens (tertiary/aromatic N) is 3.